The number of carbonyl (C=O) groups is 2. The van der Waals surface area contributed by atoms with Crippen molar-refractivity contribution in [3.05, 3.63) is 36.0 Å². The second kappa shape index (κ2) is 6.05. The fourth-order valence-corrected chi connectivity index (χ4v) is 2.26. The quantitative estimate of drug-likeness (QED) is 0.877. The predicted molar refractivity (Wildman–Crippen MR) is 76.7 cm³/mol. The van der Waals surface area contributed by atoms with Crippen LogP contribution in [0.1, 0.15) is 30.2 Å². The number of para-hydroxylation sites is 1. The smallest absolute Gasteiger partial charge is 0.342 e. The van der Waals surface area contributed by atoms with Crippen LogP contribution >= 0.6 is 0 Å². The van der Waals surface area contributed by atoms with Crippen LogP contribution in [0.15, 0.2) is 30.5 Å². The number of esters is 1. The number of carbonyl (C=O) groups excluding carboxylic acids is 2. The van der Waals surface area contributed by atoms with Crippen LogP contribution < -0.4 is 5.73 Å². The number of rotatable bonds is 4. The van der Waals surface area contributed by atoms with Crippen LogP contribution in [0.2, 0.25) is 0 Å². The Morgan fingerprint density at radius 2 is 2.05 bits per heavy atom. The standard InChI is InChI=1S/C15H17FN2O3/c1-3-21-15(20)13(16)14(17)11-8-18(9(2)19)12-7-5-4-6-10(11)12/h4-8,13-14H,3,17H2,1-2H3/t13?,14-/m1/s1. The van der Waals surface area contributed by atoms with Gasteiger partial charge in [-0.15, -0.1) is 0 Å². The summed E-state index contributed by atoms with van der Waals surface area (Å²) in [5.74, 6) is -1.21. The van der Waals surface area contributed by atoms with Crippen LogP contribution in [-0.2, 0) is 9.53 Å². The van der Waals surface area contributed by atoms with Crippen molar-refractivity contribution in [2.24, 2.45) is 5.73 Å². The zero-order chi connectivity index (χ0) is 15.6. The molecule has 0 spiro atoms. The number of halogens is 1. The Labute approximate surface area is 121 Å². The number of nitrogens with two attached hydrogens (primary N) is 1. The van der Waals surface area contributed by atoms with Gasteiger partial charge in [-0.05, 0) is 18.6 Å². The number of ether oxygens (including phenoxy) is 1. The summed E-state index contributed by atoms with van der Waals surface area (Å²) in [6, 6.07) is 5.83. The van der Waals surface area contributed by atoms with Gasteiger partial charge in [0.1, 0.15) is 0 Å². The van der Waals surface area contributed by atoms with Crippen LogP contribution in [0, 0.1) is 0 Å². The minimum Gasteiger partial charge on any atom is -0.464 e. The highest BCUT2D eigenvalue weighted by Gasteiger charge is 2.30. The first-order chi connectivity index (χ1) is 9.97. The minimum absolute atomic E-state index is 0.0845. The molecule has 1 aromatic heterocycles. The van der Waals surface area contributed by atoms with Gasteiger partial charge in [-0.2, -0.15) is 0 Å². The lowest BCUT2D eigenvalue weighted by Crippen LogP contribution is -2.31. The normalized spacial score (nSPS) is 13.9. The van der Waals surface area contributed by atoms with Crippen molar-refractivity contribution in [3.63, 3.8) is 0 Å². The van der Waals surface area contributed by atoms with Crippen LogP contribution in [0.25, 0.3) is 10.9 Å². The second-order valence-electron chi connectivity index (χ2n) is 4.67. The molecule has 6 heteroatoms. The van der Waals surface area contributed by atoms with Crippen molar-refractivity contribution < 1.29 is 18.7 Å². The third kappa shape index (κ3) is 2.80. The van der Waals surface area contributed by atoms with E-state index in [1.807, 2.05) is 0 Å². The molecule has 21 heavy (non-hydrogen) atoms. The molecule has 0 aliphatic carbocycles. The second-order valence-corrected chi connectivity index (χ2v) is 4.67. The van der Waals surface area contributed by atoms with Gasteiger partial charge in [0, 0.05) is 18.5 Å². The zero-order valence-electron chi connectivity index (χ0n) is 11.9. The van der Waals surface area contributed by atoms with Crippen molar-refractivity contribution >= 4 is 22.8 Å². The van der Waals surface area contributed by atoms with Gasteiger partial charge in [-0.1, -0.05) is 18.2 Å². The summed E-state index contributed by atoms with van der Waals surface area (Å²) in [6.45, 7) is 3.08. The van der Waals surface area contributed by atoms with E-state index >= 15 is 0 Å². The zero-order valence-corrected chi connectivity index (χ0v) is 11.9. The van der Waals surface area contributed by atoms with Gasteiger partial charge < -0.3 is 10.5 Å². The van der Waals surface area contributed by atoms with Crippen molar-refractivity contribution in [2.45, 2.75) is 26.1 Å². The summed E-state index contributed by atoms with van der Waals surface area (Å²) >= 11 is 0. The van der Waals surface area contributed by atoms with E-state index < -0.39 is 18.2 Å². The molecule has 0 saturated carbocycles. The maximum Gasteiger partial charge on any atom is 0.342 e. The Morgan fingerprint density at radius 1 is 1.38 bits per heavy atom. The SMILES string of the molecule is CCOC(=O)C(F)[C@H](N)c1cn(C(C)=O)c2ccccc12. The fourth-order valence-electron chi connectivity index (χ4n) is 2.26. The van der Waals surface area contributed by atoms with E-state index in [0.717, 1.165) is 0 Å². The number of hydrogen-bond donors (Lipinski definition) is 1. The molecule has 2 atom stereocenters. The maximum absolute atomic E-state index is 14.1. The lowest BCUT2D eigenvalue weighted by Gasteiger charge is -2.14. The number of aromatic nitrogens is 1. The van der Waals surface area contributed by atoms with Gasteiger partial charge in [-0.25, -0.2) is 9.18 Å². The van der Waals surface area contributed by atoms with Crippen molar-refractivity contribution in [1.82, 2.24) is 4.57 Å². The number of alkyl halides is 1. The lowest BCUT2D eigenvalue weighted by molar-refractivity contribution is -0.149. The molecule has 0 fully saturated rings. The molecule has 1 heterocycles. The molecular formula is C15H17FN2O3. The fraction of sp³-hybridized carbons (Fsp3) is 0.333. The molecule has 2 rings (SSSR count). The van der Waals surface area contributed by atoms with Gasteiger partial charge in [0.25, 0.3) is 0 Å². The third-order valence-corrected chi connectivity index (χ3v) is 3.27. The molecule has 0 radical (unpaired) electrons. The highest BCUT2D eigenvalue weighted by atomic mass is 19.1. The van der Waals surface area contributed by atoms with Crippen LogP contribution in [-0.4, -0.2) is 29.2 Å². The van der Waals surface area contributed by atoms with Crippen LogP contribution in [0.3, 0.4) is 0 Å². The summed E-state index contributed by atoms with van der Waals surface area (Å²) < 4.78 is 20.1. The molecule has 0 aliphatic rings. The summed E-state index contributed by atoms with van der Waals surface area (Å²) in [5, 5.41) is 0.646. The van der Waals surface area contributed by atoms with Gasteiger partial charge in [0.05, 0.1) is 18.2 Å². The average molecular weight is 292 g/mol. The molecule has 1 aromatic carbocycles. The first kappa shape index (κ1) is 15.2. The number of nitrogens with zero attached hydrogens (tertiary/aromatic N) is 1. The molecule has 112 valence electrons. The first-order valence-electron chi connectivity index (χ1n) is 6.64. The Balaban J connectivity index is 2.46. The van der Waals surface area contributed by atoms with E-state index in [9.17, 15) is 14.0 Å². The third-order valence-electron chi connectivity index (χ3n) is 3.27. The lowest BCUT2D eigenvalue weighted by atomic mass is 10.0. The van der Waals surface area contributed by atoms with Crippen LogP contribution in [0.5, 0.6) is 0 Å². The summed E-state index contributed by atoms with van der Waals surface area (Å²) in [5.41, 5.74) is 6.88. The Kier molecular flexibility index (Phi) is 4.37. The molecule has 0 amide bonds. The number of fused-ring (bicyclic) bond motifs is 1. The van der Waals surface area contributed by atoms with E-state index in [1.165, 1.54) is 17.7 Å². The molecule has 0 aliphatic heterocycles. The van der Waals surface area contributed by atoms with E-state index in [2.05, 4.69) is 4.74 Å². The number of hydrogen-bond acceptors (Lipinski definition) is 4. The van der Waals surface area contributed by atoms with Gasteiger partial charge >= 0.3 is 5.97 Å². The molecule has 5 nitrogen and oxygen atoms in total. The van der Waals surface area contributed by atoms with E-state index in [4.69, 9.17) is 5.73 Å². The summed E-state index contributed by atoms with van der Waals surface area (Å²) in [6.07, 6.45) is -0.500. The molecule has 1 unspecified atom stereocenters. The largest absolute Gasteiger partial charge is 0.464 e. The van der Waals surface area contributed by atoms with Gasteiger partial charge in [0.15, 0.2) is 0 Å². The summed E-state index contributed by atoms with van der Waals surface area (Å²) in [4.78, 5) is 23.1. The molecule has 0 bridgehead atoms. The summed E-state index contributed by atoms with van der Waals surface area (Å²) in [7, 11) is 0. The highest BCUT2D eigenvalue weighted by molar-refractivity contribution is 5.94. The van der Waals surface area contributed by atoms with Crippen molar-refractivity contribution in [3.8, 4) is 0 Å². The van der Waals surface area contributed by atoms with Crippen molar-refractivity contribution in [1.29, 1.82) is 0 Å². The topological polar surface area (TPSA) is 74.3 Å². The highest BCUT2D eigenvalue weighted by Crippen LogP contribution is 2.28. The van der Waals surface area contributed by atoms with Gasteiger partial charge in [0.2, 0.25) is 12.1 Å². The Hall–Kier alpha value is -2.21. The van der Waals surface area contributed by atoms with E-state index in [0.29, 0.717) is 16.5 Å². The monoisotopic (exact) mass is 292 g/mol. The molecular weight excluding hydrogens is 275 g/mol. The predicted octanol–water partition coefficient (Wildman–Crippen LogP) is 2.20. The molecule has 2 N–H and O–H groups in total. The average Bonchev–Trinajstić information content (AvgIpc) is 2.85. The van der Waals surface area contributed by atoms with E-state index in [1.54, 1.807) is 31.2 Å². The Morgan fingerprint density at radius 3 is 2.67 bits per heavy atom. The molecule has 2 aromatic rings. The van der Waals surface area contributed by atoms with Gasteiger partial charge in [-0.3, -0.25) is 9.36 Å². The first-order valence-corrected chi connectivity index (χ1v) is 6.64. The minimum atomic E-state index is -1.98. The van der Waals surface area contributed by atoms with Crippen molar-refractivity contribution in [2.75, 3.05) is 6.61 Å². The van der Waals surface area contributed by atoms with Crippen LogP contribution in [0.4, 0.5) is 4.39 Å². The Bertz CT molecular complexity index is 681. The number of benzene rings is 1. The maximum atomic E-state index is 14.1. The van der Waals surface area contributed by atoms with E-state index in [-0.39, 0.29) is 12.5 Å². The molecule has 0 saturated heterocycles.